The molecule has 0 aliphatic heterocycles. The lowest BCUT2D eigenvalue weighted by molar-refractivity contribution is -0.123. The molecular formula is C10H19NO3. The standard InChI is InChI=1S/C6H14O2.C4H5NO/c1-4-7-6(3)8-5-2;1-5-3-2-4-6/h6H,4-5H2,1-3H3;4H,2-3H2. The number of aldehydes is 1. The first-order valence-electron chi connectivity index (χ1n) is 4.72. The molecule has 0 aromatic carbocycles. The summed E-state index contributed by atoms with van der Waals surface area (Å²) in [5.74, 6) is 0. The number of carbonyl (C=O) groups excluding carboxylic acids is 1. The lowest BCUT2D eigenvalue weighted by atomic mass is 10.5. The molecule has 0 atom stereocenters. The van der Waals surface area contributed by atoms with Crippen molar-refractivity contribution in [1.82, 2.24) is 0 Å². The van der Waals surface area contributed by atoms with Crippen LogP contribution in [0.3, 0.4) is 0 Å². The van der Waals surface area contributed by atoms with Crippen LogP contribution in [-0.2, 0) is 14.3 Å². The number of ether oxygens (including phenoxy) is 2. The molecule has 0 fully saturated rings. The summed E-state index contributed by atoms with van der Waals surface area (Å²) in [5.41, 5.74) is 0. The van der Waals surface area contributed by atoms with Crippen LogP contribution in [0.1, 0.15) is 27.2 Å². The lowest BCUT2D eigenvalue weighted by Crippen LogP contribution is -2.11. The van der Waals surface area contributed by atoms with Gasteiger partial charge >= 0.3 is 0 Å². The normalized spacial score (nSPS) is 8.79. The predicted molar refractivity (Wildman–Crippen MR) is 54.9 cm³/mol. The molecule has 0 saturated heterocycles. The second-order valence-electron chi connectivity index (χ2n) is 2.32. The minimum atomic E-state index is -0.0370. The van der Waals surface area contributed by atoms with Crippen molar-refractivity contribution in [2.45, 2.75) is 33.5 Å². The third kappa shape index (κ3) is 17.2. The molecule has 0 N–H and O–H groups in total. The van der Waals surface area contributed by atoms with Gasteiger partial charge in [-0.15, -0.1) is 0 Å². The third-order valence-electron chi connectivity index (χ3n) is 1.16. The summed E-state index contributed by atoms with van der Waals surface area (Å²) in [6.07, 6.45) is 1.09. The molecule has 14 heavy (non-hydrogen) atoms. The Morgan fingerprint density at radius 1 is 1.36 bits per heavy atom. The van der Waals surface area contributed by atoms with Crippen molar-refractivity contribution in [1.29, 1.82) is 0 Å². The molecule has 0 bridgehead atoms. The Bertz CT molecular complexity index is 148. The smallest absolute Gasteiger partial charge is 0.221 e. The Balaban J connectivity index is 0. The highest BCUT2D eigenvalue weighted by atomic mass is 16.7. The van der Waals surface area contributed by atoms with E-state index in [0.29, 0.717) is 13.0 Å². The van der Waals surface area contributed by atoms with Gasteiger partial charge < -0.3 is 19.1 Å². The van der Waals surface area contributed by atoms with E-state index in [-0.39, 0.29) is 6.29 Å². The molecular weight excluding hydrogens is 182 g/mol. The van der Waals surface area contributed by atoms with Crippen LogP contribution < -0.4 is 0 Å². The van der Waals surface area contributed by atoms with Crippen LogP contribution in [0, 0.1) is 6.57 Å². The average Bonchev–Trinajstić information content (AvgIpc) is 2.16. The van der Waals surface area contributed by atoms with Crippen LogP contribution in [0.4, 0.5) is 0 Å². The average molecular weight is 201 g/mol. The maximum Gasteiger partial charge on any atom is 0.221 e. The van der Waals surface area contributed by atoms with Crippen LogP contribution in [0.25, 0.3) is 4.85 Å². The fourth-order valence-corrected chi connectivity index (χ4v) is 0.635. The molecule has 0 amide bonds. The van der Waals surface area contributed by atoms with E-state index in [1.807, 2.05) is 20.8 Å². The van der Waals surface area contributed by atoms with Gasteiger partial charge in [0.1, 0.15) is 6.29 Å². The Labute approximate surface area is 86.0 Å². The first-order valence-corrected chi connectivity index (χ1v) is 4.72. The summed E-state index contributed by atoms with van der Waals surface area (Å²) in [6, 6.07) is 0. The second kappa shape index (κ2) is 14.6. The second-order valence-corrected chi connectivity index (χ2v) is 2.32. The minimum Gasteiger partial charge on any atom is -0.353 e. The van der Waals surface area contributed by atoms with Crippen molar-refractivity contribution >= 4 is 6.29 Å². The Kier molecular flexibility index (Phi) is 16.2. The summed E-state index contributed by atoms with van der Waals surface area (Å²) in [7, 11) is 0. The number of nitrogens with zero attached hydrogens (tertiary/aromatic N) is 1. The molecule has 0 aromatic heterocycles. The summed E-state index contributed by atoms with van der Waals surface area (Å²) in [5, 5.41) is 0. The predicted octanol–water partition coefficient (Wildman–Crippen LogP) is 1.90. The summed E-state index contributed by atoms with van der Waals surface area (Å²) >= 11 is 0. The maximum absolute atomic E-state index is 9.42. The van der Waals surface area contributed by atoms with E-state index in [4.69, 9.17) is 16.0 Å². The van der Waals surface area contributed by atoms with Gasteiger partial charge in [-0.05, 0) is 20.8 Å². The van der Waals surface area contributed by atoms with Crippen molar-refractivity contribution in [3.63, 3.8) is 0 Å². The van der Waals surface area contributed by atoms with Crippen molar-refractivity contribution in [3.8, 4) is 0 Å². The number of carbonyl (C=O) groups is 1. The van der Waals surface area contributed by atoms with E-state index >= 15 is 0 Å². The summed E-state index contributed by atoms with van der Waals surface area (Å²) < 4.78 is 10.1. The molecule has 0 aliphatic rings. The highest BCUT2D eigenvalue weighted by molar-refractivity contribution is 5.49. The van der Waals surface area contributed by atoms with Gasteiger partial charge in [-0.3, -0.25) is 0 Å². The zero-order chi connectivity index (χ0) is 11.2. The molecule has 0 spiro atoms. The van der Waals surface area contributed by atoms with Crippen LogP contribution in [0.5, 0.6) is 0 Å². The molecule has 0 aromatic rings. The van der Waals surface area contributed by atoms with Gasteiger partial charge in [-0.25, -0.2) is 6.57 Å². The fraction of sp³-hybridized carbons (Fsp3) is 0.800. The zero-order valence-corrected chi connectivity index (χ0v) is 9.16. The molecule has 0 radical (unpaired) electrons. The van der Waals surface area contributed by atoms with E-state index in [9.17, 15) is 4.79 Å². The van der Waals surface area contributed by atoms with Gasteiger partial charge in [0.2, 0.25) is 6.54 Å². The largest absolute Gasteiger partial charge is 0.353 e. The molecule has 82 valence electrons. The minimum absolute atomic E-state index is 0.0370. The fourth-order valence-electron chi connectivity index (χ4n) is 0.635. The van der Waals surface area contributed by atoms with Crippen LogP contribution in [0.15, 0.2) is 0 Å². The molecule has 0 heterocycles. The molecule has 0 aliphatic carbocycles. The molecule has 0 unspecified atom stereocenters. The van der Waals surface area contributed by atoms with Crippen molar-refractivity contribution < 1.29 is 14.3 Å². The van der Waals surface area contributed by atoms with E-state index in [2.05, 4.69) is 4.85 Å². The van der Waals surface area contributed by atoms with E-state index in [0.717, 1.165) is 19.5 Å². The Hall–Kier alpha value is -0.920. The molecule has 0 rings (SSSR count). The van der Waals surface area contributed by atoms with E-state index in [1.165, 1.54) is 0 Å². The monoisotopic (exact) mass is 201 g/mol. The van der Waals surface area contributed by atoms with Gasteiger partial charge in [-0.2, -0.15) is 0 Å². The molecule has 4 heteroatoms. The Morgan fingerprint density at radius 3 is 2.07 bits per heavy atom. The zero-order valence-electron chi connectivity index (χ0n) is 9.16. The lowest BCUT2D eigenvalue weighted by Gasteiger charge is -2.09. The number of hydrogen-bond donors (Lipinski definition) is 0. The highest BCUT2D eigenvalue weighted by Crippen LogP contribution is 1.90. The SMILES string of the molecule is CCOC(C)OCC.[C-]#[N+]CCC=O. The van der Waals surface area contributed by atoms with Crippen LogP contribution in [0.2, 0.25) is 0 Å². The first-order chi connectivity index (χ1) is 6.72. The van der Waals surface area contributed by atoms with Crippen LogP contribution in [-0.4, -0.2) is 32.3 Å². The van der Waals surface area contributed by atoms with Crippen molar-refractivity contribution in [2.24, 2.45) is 0 Å². The quantitative estimate of drug-likeness (QED) is 0.285. The first kappa shape index (κ1) is 15.5. The highest BCUT2D eigenvalue weighted by Gasteiger charge is 1.94. The van der Waals surface area contributed by atoms with Gasteiger partial charge in [0.15, 0.2) is 6.29 Å². The van der Waals surface area contributed by atoms with Gasteiger partial charge in [0.05, 0.1) is 6.42 Å². The summed E-state index contributed by atoms with van der Waals surface area (Å²) in [6.45, 7) is 13.8. The van der Waals surface area contributed by atoms with Crippen LogP contribution >= 0.6 is 0 Å². The third-order valence-corrected chi connectivity index (χ3v) is 1.16. The summed E-state index contributed by atoms with van der Waals surface area (Å²) in [4.78, 5) is 12.4. The van der Waals surface area contributed by atoms with E-state index in [1.54, 1.807) is 0 Å². The van der Waals surface area contributed by atoms with Gasteiger partial charge in [0.25, 0.3) is 0 Å². The number of hydrogen-bond acceptors (Lipinski definition) is 3. The Morgan fingerprint density at radius 2 is 1.86 bits per heavy atom. The topological polar surface area (TPSA) is 39.9 Å². The number of rotatable bonds is 6. The van der Waals surface area contributed by atoms with Gasteiger partial charge in [-0.1, -0.05) is 0 Å². The van der Waals surface area contributed by atoms with E-state index < -0.39 is 0 Å². The molecule has 0 saturated carbocycles. The molecule has 4 nitrogen and oxygen atoms in total. The maximum atomic E-state index is 9.42. The van der Waals surface area contributed by atoms with Crippen molar-refractivity contribution in [3.05, 3.63) is 11.4 Å². The van der Waals surface area contributed by atoms with Crippen molar-refractivity contribution in [2.75, 3.05) is 19.8 Å². The van der Waals surface area contributed by atoms with Gasteiger partial charge in [0, 0.05) is 13.2 Å².